The van der Waals surface area contributed by atoms with Gasteiger partial charge in [0.25, 0.3) is 5.78 Å². The molecule has 0 aliphatic rings. The Kier molecular flexibility index (Phi) is 4.00. The van der Waals surface area contributed by atoms with Crippen molar-refractivity contribution in [2.75, 3.05) is 6.61 Å². The predicted octanol–water partition coefficient (Wildman–Crippen LogP) is 2.04. The van der Waals surface area contributed by atoms with E-state index in [9.17, 15) is 14.0 Å². The molecule has 0 saturated heterocycles. The van der Waals surface area contributed by atoms with Crippen LogP contribution in [-0.2, 0) is 9.53 Å². The van der Waals surface area contributed by atoms with E-state index in [0.29, 0.717) is 0 Å². The fraction of sp³-hybridized carbons (Fsp3) is 0.200. The Morgan fingerprint density at radius 1 is 1.50 bits per heavy atom. The Labute approximate surface area is 99.2 Å². The highest BCUT2D eigenvalue weighted by Gasteiger charge is 2.22. The number of esters is 1. The van der Waals surface area contributed by atoms with Gasteiger partial charge in [0.1, 0.15) is 11.6 Å². The summed E-state index contributed by atoms with van der Waals surface area (Å²) < 4.78 is 17.8. The molecular formula is C10H8BrFO4. The first-order chi connectivity index (χ1) is 7.47. The zero-order valence-electron chi connectivity index (χ0n) is 8.29. The summed E-state index contributed by atoms with van der Waals surface area (Å²) >= 11 is 2.92. The van der Waals surface area contributed by atoms with Crippen LogP contribution in [0.3, 0.4) is 0 Å². The van der Waals surface area contributed by atoms with E-state index >= 15 is 0 Å². The number of hydrogen-bond donors (Lipinski definition) is 1. The molecular weight excluding hydrogens is 283 g/mol. The molecule has 6 heteroatoms. The Balaban J connectivity index is 3.09. The first kappa shape index (κ1) is 12.6. The van der Waals surface area contributed by atoms with Crippen molar-refractivity contribution >= 4 is 27.7 Å². The van der Waals surface area contributed by atoms with Crippen LogP contribution in [0, 0.1) is 5.82 Å². The van der Waals surface area contributed by atoms with Gasteiger partial charge in [-0.15, -0.1) is 0 Å². The highest BCUT2D eigenvalue weighted by molar-refractivity contribution is 9.10. The maximum absolute atomic E-state index is 13.3. The molecule has 0 fully saturated rings. The SMILES string of the molecule is CCOC(=O)C(=O)c1cc(Br)c(O)cc1F. The van der Waals surface area contributed by atoms with Crippen molar-refractivity contribution in [2.24, 2.45) is 0 Å². The Hall–Kier alpha value is -1.43. The smallest absolute Gasteiger partial charge is 0.379 e. The van der Waals surface area contributed by atoms with Crippen LogP contribution in [0.4, 0.5) is 4.39 Å². The van der Waals surface area contributed by atoms with E-state index in [1.807, 2.05) is 0 Å². The number of benzene rings is 1. The summed E-state index contributed by atoms with van der Waals surface area (Å²) in [6.07, 6.45) is 0. The lowest BCUT2D eigenvalue weighted by Crippen LogP contribution is -2.18. The Bertz CT molecular complexity index is 445. The van der Waals surface area contributed by atoms with E-state index in [1.54, 1.807) is 0 Å². The van der Waals surface area contributed by atoms with Crippen molar-refractivity contribution in [3.8, 4) is 5.75 Å². The van der Waals surface area contributed by atoms with Crippen LogP contribution in [0.2, 0.25) is 0 Å². The second-order valence-corrected chi connectivity index (χ2v) is 3.69. The average molecular weight is 291 g/mol. The molecule has 0 unspecified atom stereocenters. The summed E-state index contributed by atoms with van der Waals surface area (Å²) in [5.74, 6) is -3.53. The topological polar surface area (TPSA) is 63.6 Å². The van der Waals surface area contributed by atoms with Gasteiger partial charge in [0.2, 0.25) is 0 Å². The minimum atomic E-state index is -1.13. The van der Waals surface area contributed by atoms with E-state index in [-0.39, 0.29) is 16.8 Å². The molecule has 1 rings (SSSR count). The molecule has 0 aliphatic heterocycles. The van der Waals surface area contributed by atoms with E-state index < -0.39 is 23.1 Å². The quantitative estimate of drug-likeness (QED) is 0.526. The van der Waals surface area contributed by atoms with Gasteiger partial charge in [0, 0.05) is 6.07 Å². The molecule has 16 heavy (non-hydrogen) atoms. The fourth-order valence-electron chi connectivity index (χ4n) is 1.02. The number of phenols is 1. The second kappa shape index (κ2) is 5.07. The van der Waals surface area contributed by atoms with Crippen molar-refractivity contribution in [3.05, 3.63) is 28.0 Å². The Morgan fingerprint density at radius 2 is 2.12 bits per heavy atom. The van der Waals surface area contributed by atoms with Gasteiger partial charge >= 0.3 is 5.97 Å². The molecule has 0 atom stereocenters. The molecule has 0 aromatic heterocycles. The molecule has 0 saturated carbocycles. The lowest BCUT2D eigenvalue weighted by atomic mass is 10.1. The number of hydrogen-bond acceptors (Lipinski definition) is 4. The normalized spacial score (nSPS) is 9.94. The van der Waals surface area contributed by atoms with Crippen LogP contribution < -0.4 is 0 Å². The summed E-state index contributed by atoms with van der Waals surface area (Å²) in [7, 11) is 0. The second-order valence-electron chi connectivity index (χ2n) is 2.83. The molecule has 0 spiro atoms. The fourth-order valence-corrected chi connectivity index (χ4v) is 1.36. The summed E-state index contributed by atoms with van der Waals surface area (Å²) in [5.41, 5.74) is -0.442. The van der Waals surface area contributed by atoms with Crippen LogP contribution in [0.5, 0.6) is 5.75 Å². The van der Waals surface area contributed by atoms with Crippen LogP contribution in [0.1, 0.15) is 17.3 Å². The first-order valence-electron chi connectivity index (χ1n) is 4.36. The van der Waals surface area contributed by atoms with Gasteiger partial charge in [-0.3, -0.25) is 4.79 Å². The van der Waals surface area contributed by atoms with Gasteiger partial charge in [0.15, 0.2) is 0 Å². The van der Waals surface area contributed by atoms with E-state index in [1.165, 1.54) is 6.92 Å². The zero-order valence-corrected chi connectivity index (χ0v) is 9.88. The predicted molar refractivity (Wildman–Crippen MR) is 56.7 cm³/mol. The average Bonchev–Trinajstić information content (AvgIpc) is 2.23. The molecule has 1 aromatic rings. The van der Waals surface area contributed by atoms with Crippen LogP contribution >= 0.6 is 15.9 Å². The number of ketones is 1. The molecule has 0 radical (unpaired) electrons. The van der Waals surface area contributed by atoms with Crippen LogP contribution in [-0.4, -0.2) is 23.5 Å². The molecule has 0 heterocycles. The third-order valence-corrected chi connectivity index (χ3v) is 2.38. The van der Waals surface area contributed by atoms with Crippen molar-refractivity contribution in [1.82, 2.24) is 0 Å². The molecule has 0 bridgehead atoms. The van der Waals surface area contributed by atoms with Gasteiger partial charge in [0.05, 0.1) is 16.6 Å². The van der Waals surface area contributed by atoms with E-state index in [0.717, 1.165) is 12.1 Å². The third-order valence-electron chi connectivity index (χ3n) is 1.74. The molecule has 86 valence electrons. The molecule has 0 amide bonds. The summed E-state index contributed by atoms with van der Waals surface area (Å²) in [6, 6.07) is 1.78. The molecule has 1 N–H and O–H groups in total. The summed E-state index contributed by atoms with van der Waals surface area (Å²) in [5, 5.41) is 9.13. The van der Waals surface area contributed by atoms with Crippen molar-refractivity contribution < 1.29 is 23.8 Å². The number of phenolic OH excluding ortho intramolecular Hbond substituents is 1. The third kappa shape index (κ3) is 2.57. The lowest BCUT2D eigenvalue weighted by molar-refractivity contribution is -0.137. The van der Waals surface area contributed by atoms with Crippen LogP contribution in [0.25, 0.3) is 0 Å². The highest BCUT2D eigenvalue weighted by Crippen LogP contribution is 2.27. The van der Waals surface area contributed by atoms with E-state index in [2.05, 4.69) is 20.7 Å². The van der Waals surface area contributed by atoms with Crippen LogP contribution in [0.15, 0.2) is 16.6 Å². The van der Waals surface area contributed by atoms with Crippen molar-refractivity contribution in [3.63, 3.8) is 0 Å². The number of carbonyl (C=O) groups is 2. The maximum Gasteiger partial charge on any atom is 0.379 e. The standard InChI is InChI=1S/C10H8BrFO4/c1-2-16-10(15)9(14)5-3-6(11)8(13)4-7(5)12/h3-4,13H,2H2,1H3. The van der Waals surface area contributed by atoms with Gasteiger partial charge in [-0.05, 0) is 28.9 Å². The van der Waals surface area contributed by atoms with Gasteiger partial charge in [-0.1, -0.05) is 0 Å². The monoisotopic (exact) mass is 290 g/mol. The summed E-state index contributed by atoms with van der Waals surface area (Å²) in [4.78, 5) is 22.5. The van der Waals surface area contributed by atoms with Crippen molar-refractivity contribution in [1.29, 1.82) is 0 Å². The highest BCUT2D eigenvalue weighted by atomic mass is 79.9. The number of ether oxygens (including phenoxy) is 1. The summed E-state index contributed by atoms with van der Waals surface area (Å²) in [6.45, 7) is 1.57. The van der Waals surface area contributed by atoms with Gasteiger partial charge in [-0.25, -0.2) is 9.18 Å². The minimum absolute atomic E-state index is 0.0332. The lowest BCUT2D eigenvalue weighted by Gasteiger charge is -2.04. The van der Waals surface area contributed by atoms with Crippen molar-refractivity contribution in [2.45, 2.75) is 6.92 Å². The Morgan fingerprint density at radius 3 is 2.69 bits per heavy atom. The minimum Gasteiger partial charge on any atom is -0.507 e. The van der Waals surface area contributed by atoms with Gasteiger partial charge in [-0.2, -0.15) is 0 Å². The molecule has 1 aromatic carbocycles. The molecule has 4 nitrogen and oxygen atoms in total. The first-order valence-corrected chi connectivity index (χ1v) is 5.16. The van der Waals surface area contributed by atoms with Gasteiger partial charge < -0.3 is 9.84 Å². The molecule has 0 aliphatic carbocycles. The number of aromatic hydroxyl groups is 1. The zero-order chi connectivity index (χ0) is 12.3. The maximum atomic E-state index is 13.3. The number of halogens is 2. The number of rotatable bonds is 3. The van der Waals surface area contributed by atoms with E-state index in [4.69, 9.17) is 5.11 Å². The largest absolute Gasteiger partial charge is 0.507 e. The number of Topliss-reactive ketones (excluding diaryl/α,β-unsaturated/α-hetero) is 1. The number of carbonyl (C=O) groups excluding carboxylic acids is 2.